The largest absolute Gasteiger partial charge is 0.545 e. The first-order valence-corrected chi connectivity index (χ1v) is 9.18. The minimum Gasteiger partial charge on any atom is -0.545 e. The van der Waals surface area contributed by atoms with Gasteiger partial charge in [-0.3, -0.25) is 0 Å². The Bertz CT molecular complexity index is 656. The number of carbonyl (C=O) groups is 1. The van der Waals surface area contributed by atoms with Crippen molar-refractivity contribution in [2.75, 3.05) is 0 Å². The quantitative estimate of drug-likeness (QED) is 0.768. The van der Waals surface area contributed by atoms with Gasteiger partial charge in [-0.15, -0.1) is 0 Å². The molecule has 4 aliphatic carbocycles. The third kappa shape index (κ3) is 3.26. The molecule has 0 N–H and O–H groups in total. The lowest BCUT2D eigenvalue weighted by Crippen LogP contribution is -2.52. The molecule has 0 amide bonds. The number of hydrogen-bond donors (Lipinski definition) is 0. The molecule has 4 fully saturated rings. The van der Waals surface area contributed by atoms with Gasteiger partial charge in [-0.2, -0.15) is 0 Å². The summed E-state index contributed by atoms with van der Waals surface area (Å²) in [6.45, 7) is 3.53. The van der Waals surface area contributed by atoms with Crippen LogP contribution in [0.4, 0.5) is 4.39 Å². The number of ether oxygens (including phenoxy) is 2. The number of halogens is 1. The van der Waals surface area contributed by atoms with Gasteiger partial charge >= 0.3 is 0 Å². The van der Waals surface area contributed by atoms with Crippen LogP contribution >= 0.6 is 0 Å². The molecule has 4 bridgehead atoms. The first-order chi connectivity index (χ1) is 11.8. The van der Waals surface area contributed by atoms with Crippen molar-refractivity contribution >= 4 is 5.97 Å². The Morgan fingerprint density at radius 3 is 2.28 bits per heavy atom. The number of hydrogen-bond acceptors (Lipinski definition) is 4. The Morgan fingerprint density at radius 2 is 1.72 bits per heavy atom. The molecule has 0 saturated heterocycles. The maximum atomic E-state index is 14.0. The van der Waals surface area contributed by atoms with Crippen molar-refractivity contribution in [3.8, 4) is 5.75 Å². The maximum Gasteiger partial charge on any atom is 0.205 e. The van der Waals surface area contributed by atoms with Crippen molar-refractivity contribution in [3.05, 3.63) is 29.6 Å². The molecule has 4 nitrogen and oxygen atoms in total. The number of aromatic carboxylic acids is 1. The normalized spacial score (nSPS) is 33.5. The minimum absolute atomic E-state index is 0.109. The second kappa shape index (κ2) is 5.97. The van der Waals surface area contributed by atoms with Crippen molar-refractivity contribution in [2.24, 2.45) is 23.7 Å². The third-order valence-corrected chi connectivity index (χ3v) is 6.08. The zero-order chi connectivity index (χ0) is 17.8. The Hall–Kier alpha value is -1.62. The van der Waals surface area contributed by atoms with Crippen LogP contribution in [0, 0.1) is 29.5 Å². The fourth-order valence-corrected chi connectivity index (χ4v) is 5.39. The molecular formula is C20H24FO4-. The van der Waals surface area contributed by atoms with E-state index in [0.29, 0.717) is 11.8 Å². The highest BCUT2D eigenvalue weighted by Crippen LogP contribution is 2.55. The van der Waals surface area contributed by atoms with Crippen LogP contribution in [0.3, 0.4) is 0 Å². The second-order valence-electron chi connectivity index (χ2n) is 8.45. The van der Waals surface area contributed by atoms with E-state index in [2.05, 4.69) is 0 Å². The van der Waals surface area contributed by atoms with Crippen molar-refractivity contribution in [3.63, 3.8) is 0 Å². The van der Waals surface area contributed by atoms with Crippen molar-refractivity contribution in [2.45, 2.75) is 57.8 Å². The predicted octanol–water partition coefficient (Wildman–Crippen LogP) is 3.15. The van der Waals surface area contributed by atoms with Crippen LogP contribution in [0.15, 0.2) is 18.2 Å². The molecule has 1 aromatic rings. The van der Waals surface area contributed by atoms with Crippen LogP contribution in [0.1, 0.15) is 56.3 Å². The van der Waals surface area contributed by atoms with Gasteiger partial charge in [0.1, 0.15) is 0 Å². The number of carboxylic acid groups (broad SMARTS) is 1. The molecular weight excluding hydrogens is 323 g/mol. The number of carboxylic acids is 1. The average Bonchev–Trinajstić information content (AvgIpc) is 2.52. The summed E-state index contributed by atoms with van der Waals surface area (Å²) in [4.78, 5) is 11.0. The number of rotatable bonds is 5. The van der Waals surface area contributed by atoms with E-state index in [1.807, 2.05) is 0 Å². The van der Waals surface area contributed by atoms with Gasteiger partial charge < -0.3 is 19.4 Å². The van der Waals surface area contributed by atoms with Gasteiger partial charge in [-0.05, 0) is 74.0 Å². The van der Waals surface area contributed by atoms with E-state index in [9.17, 15) is 14.3 Å². The predicted molar refractivity (Wildman–Crippen MR) is 87.4 cm³/mol. The Balaban J connectivity index is 1.49. The number of carbonyl (C=O) groups excluding carboxylic acids is 1. The van der Waals surface area contributed by atoms with Crippen molar-refractivity contribution in [1.82, 2.24) is 0 Å². The van der Waals surface area contributed by atoms with E-state index in [-0.39, 0.29) is 17.4 Å². The summed E-state index contributed by atoms with van der Waals surface area (Å²) in [7, 11) is 0. The summed E-state index contributed by atoms with van der Waals surface area (Å²) in [5.74, 6) is -0.262. The molecule has 5 heteroatoms. The Labute approximate surface area is 147 Å². The molecule has 0 spiro atoms. The first-order valence-electron chi connectivity index (χ1n) is 9.18. The highest BCUT2D eigenvalue weighted by Gasteiger charge is 2.50. The fourth-order valence-electron chi connectivity index (χ4n) is 5.39. The van der Waals surface area contributed by atoms with Gasteiger partial charge in [0, 0.05) is 19.4 Å². The topological polar surface area (TPSA) is 58.6 Å². The molecule has 25 heavy (non-hydrogen) atoms. The molecule has 4 saturated carbocycles. The van der Waals surface area contributed by atoms with Crippen LogP contribution in [0.2, 0.25) is 0 Å². The molecule has 5 rings (SSSR count). The van der Waals surface area contributed by atoms with Crippen molar-refractivity contribution < 1.29 is 23.8 Å². The SMILES string of the molecule is CC(C)(Oc1cc(C(=O)[O-])ccc1F)OC1C2CC3CC(C2)CC1C3. The molecule has 0 unspecified atom stereocenters. The Morgan fingerprint density at radius 1 is 1.12 bits per heavy atom. The lowest BCUT2D eigenvalue weighted by atomic mass is 9.55. The van der Waals surface area contributed by atoms with Crippen LogP contribution in [-0.2, 0) is 4.74 Å². The molecule has 0 atom stereocenters. The van der Waals surface area contributed by atoms with Gasteiger partial charge in [-0.25, -0.2) is 4.39 Å². The van der Waals surface area contributed by atoms with E-state index >= 15 is 0 Å². The third-order valence-electron chi connectivity index (χ3n) is 6.08. The minimum atomic E-state index is -1.36. The second-order valence-corrected chi connectivity index (χ2v) is 8.45. The molecule has 136 valence electrons. The summed E-state index contributed by atoms with van der Waals surface area (Å²) >= 11 is 0. The summed E-state index contributed by atoms with van der Waals surface area (Å²) in [6, 6.07) is 3.41. The first kappa shape index (κ1) is 16.8. The molecule has 0 aliphatic heterocycles. The fraction of sp³-hybridized carbons (Fsp3) is 0.650. The van der Waals surface area contributed by atoms with Gasteiger partial charge in [0.25, 0.3) is 0 Å². The average molecular weight is 347 g/mol. The number of benzene rings is 1. The van der Waals surface area contributed by atoms with Gasteiger partial charge in [0.15, 0.2) is 11.6 Å². The van der Waals surface area contributed by atoms with Crippen LogP contribution < -0.4 is 9.84 Å². The standard InChI is InChI=1S/C20H25FO4/c1-20(2,24-17-10-13(19(22)23)3-4-16(17)21)25-18-14-6-11-5-12(8-14)9-15(18)7-11/h3-4,10-12,14-15,18H,5-9H2,1-2H3,(H,22,23)/p-1. The highest BCUT2D eigenvalue weighted by atomic mass is 19.1. The van der Waals surface area contributed by atoms with E-state index < -0.39 is 17.6 Å². The molecule has 1 aromatic carbocycles. The van der Waals surface area contributed by atoms with E-state index in [0.717, 1.165) is 24.0 Å². The smallest absolute Gasteiger partial charge is 0.205 e. The lowest BCUT2D eigenvalue weighted by Gasteiger charge is -2.55. The summed E-state index contributed by atoms with van der Waals surface area (Å²) in [5, 5.41) is 11.0. The Kier molecular flexibility index (Phi) is 4.02. The monoisotopic (exact) mass is 347 g/mol. The lowest BCUT2D eigenvalue weighted by molar-refractivity contribution is -0.255. The van der Waals surface area contributed by atoms with Gasteiger partial charge in [-0.1, -0.05) is 0 Å². The molecule has 0 aromatic heterocycles. The van der Waals surface area contributed by atoms with Crippen LogP contribution in [0.5, 0.6) is 5.75 Å². The molecule has 0 radical (unpaired) electrons. The van der Waals surface area contributed by atoms with E-state index in [1.165, 1.54) is 38.2 Å². The van der Waals surface area contributed by atoms with E-state index in [4.69, 9.17) is 9.47 Å². The van der Waals surface area contributed by atoms with Crippen LogP contribution in [0.25, 0.3) is 0 Å². The van der Waals surface area contributed by atoms with Gasteiger partial charge in [0.2, 0.25) is 5.79 Å². The summed E-state index contributed by atoms with van der Waals surface area (Å²) < 4.78 is 26.1. The van der Waals surface area contributed by atoms with Crippen LogP contribution in [-0.4, -0.2) is 17.9 Å². The van der Waals surface area contributed by atoms with Gasteiger partial charge in [0.05, 0.1) is 12.1 Å². The highest BCUT2D eigenvalue weighted by molar-refractivity contribution is 5.86. The zero-order valence-electron chi connectivity index (χ0n) is 14.7. The zero-order valence-corrected chi connectivity index (χ0v) is 14.7. The maximum absolute atomic E-state index is 14.0. The summed E-state index contributed by atoms with van der Waals surface area (Å²) in [5.41, 5.74) is -0.109. The van der Waals surface area contributed by atoms with Crippen molar-refractivity contribution in [1.29, 1.82) is 0 Å². The summed E-state index contributed by atoms with van der Waals surface area (Å²) in [6.07, 6.45) is 6.42. The molecule has 4 aliphatic rings. The molecule has 0 heterocycles. The van der Waals surface area contributed by atoms with E-state index in [1.54, 1.807) is 13.8 Å².